The SMILES string of the molecule is COc1cccc(CN2CCCC3(CCN(C(=O)N4CCOCC4)C3)C2)c1.O=C(O)C(F)(F)F. The van der Waals surface area contributed by atoms with Crippen LogP contribution in [0.15, 0.2) is 24.3 Å². The molecule has 0 saturated carbocycles. The van der Waals surface area contributed by atoms with Crippen molar-refractivity contribution in [3.63, 3.8) is 0 Å². The Morgan fingerprint density at radius 2 is 1.79 bits per heavy atom. The standard InChI is InChI=1S/C21H31N3O3.C2HF3O2/c1-26-19-5-2-4-18(14-19)15-22-8-3-6-21(16-22)7-9-24(17-21)20(25)23-10-12-27-13-11-23;3-2(4,5)1(6)7/h2,4-5,14H,3,6-13,15-17H2,1H3;(H,6,7). The molecule has 0 bridgehead atoms. The molecule has 1 aromatic rings. The molecule has 34 heavy (non-hydrogen) atoms. The molecule has 1 spiro atoms. The number of piperidine rings is 1. The zero-order valence-electron chi connectivity index (χ0n) is 19.4. The Hall–Kier alpha value is -2.53. The number of carbonyl (C=O) groups excluding carboxylic acids is 1. The van der Waals surface area contributed by atoms with Crippen LogP contribution in [0.4, 0.5) is 18.0 Å². The first kappa shape index (κ1) is 26.1. The molecule has 0 aliphatic carbocycles. The second kappa shape index (κ2) is 11.3. The molecule has 1 unspecified atom stereocenters. The predicted molar refractivity (Wildman–Crippen MR) is 118 cm³/mol. The number of nitrogens with zero attached hydrogens (tertiary/aromatic N) is 3. The number of amides is 2. The van der Waals surface area contributed by atoms with Gasteiger partial charge in [0.1, 0.15) is 5.75 Å². The summed E-state index contributed by atoms with van der Waals surface area (Å²) in [7, 11) is 1.72. The molecule has 3 aliphatic rings. The first-order chi connectivity index (χ1) is 16.1. The van der Waals surface area contributed by atoms with E-state index in [1.165, 1.54) is 18.4 Å². The number of ether oxygens (including phenoxy) is 2. The van der Waals surface area contributed by atoms with Crippen molar-refractivity contribution >= 4 is 12.0 Å². The van der Waals surface area contributed by atoms with E-state index in [1.807, 2.05) is 11.0 Å². The van der Waals surface area contributed by atoms with Crippen LogP contribution in [0.25, 0.3) is 0 Å². The Bertz CT molecular complexity index is 847. The van der Waals surface area contributed by atoms with Gasteiger partial charge in [-0.2, -0.15) is 13.2 Å². The summed E-state index contributed by atoms with van der Waals surface area (Å²) in [6.07, 6.45) is -1.52. The third kappa shape index (κ3) is 6.99. The highest BCUT2D eigenvalue weighted by Crippen LogP contribution is 2.39. The van der Waals surface area contributed by atoms with Crippen molar-refractivity contribution in [2.45, 2.75) is 32.0 Å². The van der Waals surface area contributed by atoms with Gasteiger partial charge in [-0.1, -0.05) is 12.1 Å². The highest BCUT2D eigenvalue weighted by atomic mass is 19.4. The largest absolute Gasteiger partial charge is 0.497 e. The Morgan fingerprint density at radius 3 is 2.44 bits per heavy atom. The molecule has 1 atom stereocenters. The van der Waals surface area contributed by atoms with E-state index in [1.54, 1.807) is 7.11 Å². The molecule has 3 aliphatic heterocycles. The first-order valence-corrected chi connectivity index (χ1v) is 11.4. The first-order valence-electron chi connectivity index (χ1n) is 11.4. The number of methoxy groups -OCH3 is 1. The maximum absolute atomic E-state index is 12.8. The van der Waals surface area contributed by atoms with Gasteiger partial charge in [0, 0.05) is 44.7 Å². The van der Waals surface area contributed by atoms with E-state index in [0.717, 1.165) is 58.0 Å². The van der Waals surface area contributed by atoms with Crippen LogP contribution in [0, 0.1) is 5.41 Å². The van der Waals surface area contributed by atoms with Crippen molar-refractivity contribution in [3.05, 3.63) is 29.8 Å². The average molecular weight is 488 g/mol. The lowest BCUT2D eigenvalue weighted by atomic mass is 9.79. The fraction of sp³-hybridized carbons (Fsp3) is 0.652. The Labute approximate surface area is 197 Å². The topological polar surface area (TPSA) is 82.5 Å². The van der Waals surface area contributed by atoms with Gasteiger partial charge in [0.15, 0.2) is 0 Å². The van der Waals surface area contributed by atoms with Crippen LogP contribution in [-0.2, 0) is 16.1 Å². The summed E-state index contributed by atoms with van der Waals surface area (Å²) in [5, 5.41) is 7.12. The molecule has 0 aromatic heterocycles. The van der Waals surface area contributed by atoms with Crippen LogP contribution in [0.3, 0.4) is 0 Å². The molecule has 2 amide bonds. The van der Waals surface area contributed by atoms with Crippen molar-refractivity contribution < 1.29 is 37.3 Å². The van der Waals surface area contributed by atoms with Crippen LogP contribution in [0.2, 0.25) is 0 Å². The number of rotatable bonds is 3. The van der Waals surface area contributed by atoms with Gasteiger partial charge in [-0.15, -0.1) is 0 Å². The van der Waals surface area contributed by atoms with Gasteiger partial charge >= 0.3 is 18.2 Å². The van der Waals surface area contributed by atoms with Crippen molar-refractivity contribution in [1.29, 1.82) is 0 Å². The normalized spacial score (nSPS) is 23.4. The summed E-state index contributed by atoms with van der Waals surface area (Å²) >= 11 is 0. The average Bonchev–Trinajstić information content (AvgIpc) is 3.22. The van der Waals surface area contributed by atoms with Crippen LogP contribution in [-0.4, -0.2) is 97.6 Å². The Morgan fingerprint density at radius 1 is 1.09 bits per heavy atom. The van der Waals surface area contributed by atoms with Crippen LogP contribution in [0.1, 0.15) is 24.8 Å². The van der Waals surface area contributed by atoms with E-state index in [-0.39, 0.29) is 11.4 Å². The smallest absolute Gasteiger partial charge is 0.490 e. The molecule has 3 saturated heterocycles. The second-order valence-electron chi connectivity index (χ2n) is 9.02. The molecule has 11 heteroatoms. The van der Waals surface area contributed by atoms with E-state index >= 15 is 0 Å². The fourth-order valence-corrected chi connectivity index (χ4v) is 4.86. The number of aliphatic carboxylic acids is 1. The van der Waals surface area contributed by atoms with Gasteiger partial charge in [0.25, 0.3) is 0 Å². The number of urea groups is 1. The minimum absolute atomic E-state index is 0.208. The molecule has 0 radical (unpaired) electrons. The van der Waals surface area contributed by atoms with E-state index in [9.17, 15) is 18.0 Å². The van der Waals surface area contributed by atoms with E-state index in [4.69, 9.17) is 19.4 Å². The molecular weight excluding hydrogens is 455 g/mol. The Kier molecular flexibility index (Phi) is 8.64. The molecule has 1 aromatic carbocycles. The quantitative estimate of drug-likeness (QED) is 0.706. The number of benzene rings is 1. The zero-order valence-corrected chi connectivity index (χ0v) is 19.4. The van der Waals surface area contributed by atoms with Gasteiger partial charge in [-0.25, -0.2) is 9.59 Å². The second-order valence-corrected chi connectivity index (χ2v) is 9.02. The molecule has 3 fully saturated rings. The summed E-state index contributed by atoms with van der Waals surface area (Å²) < 4.78 is 42.5. The van der Waals surface area contributed by atoms with Gasteiger partial charge in [0.2, 0.25) is 0 Å². The lowest BCUT2D eigenvalue weighted by Crippen LogP contribution is -2.49. The number of hydrogen-bond acceptors (Lipinski definition) is 5. The molecule has 8 nitrogen and oxygen atoms in total. The van der Waals surface area contributed by atoms with E-state index in [2.05, 4.69) is 28.0 Å². The van der Waals surface area contributed by atoms with Gasteiger partial charge in [-0.3, -0.25) is 4.90 Å². The van der Waals surface area contributed by atoms with Crippen molar-refractivity contribution in [1.82, 2.24) is 14.7 Å². The highest BCUT2D eigenvalue weighted by Gasteiger charge is 2.43. The highest BCUT2D eigenvalue weighted by molar-refractivity contribution is 5.75. The molecule has 3 heterocycles. The van der Waals surface area contributed by atoms with Crippen LogP contribution < -0.4 is 4.74 Å². The van der Waals surface area contributed by atoms with E-state index < -0.39 is 12.1 Å². The molecule has 4 rings (SSSR count). The number of alkyl halides is 3. The number of halogens is 3. The summed E-state index contributed by atoms with van der Waals surface area (Å²) in [4.78, 5) is 28.3. The van der Waals surface area contributed by atoms with Crippen LogP contribution >= 0.6 is 0 Å². The maximum atomic E-state index is 12.8. The van der Waals surface area contributed by atoms with E-state index in [0.29, 0.717) is 13.2 Å². The van der Waals surface area contributed by atoms with Crippen molar-refractivity contribution in [2.24, 2.45) is 5.41 Å². The van der Waals surface area contributed by atoms with Crippen molar-refractivity contribution in [3.8, 4) is 5.75 Å². The van der Waals surface area contributed by atoms with Crippen molar-refractivity contribution in [2.75, 3.05) is 59.6 Å². The predicted octanol–water partition coefficient (Wildman–Crippen LogP) is 3.07. The summed E-state index contributed by atoms with van der Waals surface area (Å²) in [5.41, 5.74) is 1.56. The monoisotopic (exact) mass is 487 g/mol. The third-order valence-corrected chi connectivity index (χ3v) is 6.51. The number of hydrogen-bond donors (Lipinski definition) is 1. The molecule has 1 N–H and O–H groups in total. The number of morpholine rings is 1. The van der Waals surface area contributed by atoms with Gasteiger partial charge < -0.3 is 24.4 Å². The number of carboxylic acids is 1. The fourth-order valence-electron chi connectivity index (χ4n) is 4.86. The zero-order chi connectivity index (χ0) is 24.8. The minimum Gasteiger partial charge on any atom is -0.497 e. The minimum atomic E-state index is -5.08. The lowest BCUT2D eigenvalue weighted by molar-refractivity contribution is -0.192. The summed E-state index contributed by atoms with van der Waals surface area (Å²) in [5.74, 6) is -1.84. The van der Waals surface area contributed by atoms with Gasteiger partial charge in [-0.05, 0) is 43.5 Å². The number of carboxylic acid groups (broad SMARTS) is 1. The number of likely N-dealkylation sites (tertiary alicyclic amines) is 2. The maximum Gasteiger partial charge on any atom is 0.490 e. The number of carbonyl (C=O) groups is 2. The van der Waals surface area contributed by atoms with Crippen LogP contribution in [0.5, 0.6) is 5.75 Å². The summed E-state index contributed by atoms with van der Waals surface area (Å²) in [6, 6.07) is 8.57. The lowest BCUT2D eigenvalue weighted by Gasteiger charge is -2.41. The summed E-state index contributed by atoms with van der Waals surface area (Å²) in [6.45, 7) is 7.75. The Balaban J connectivity index is 0.000000406. The van der Waals surface area contributed by atoms with Gasteiger partial charge in [0.05, 0.1) is 20.3 Å². The molecular formula is C23H32F3N3O5. The molecule has 190 valence electrons. The third-order valence-electron chi connectivity index (χ3n) is 6.51.